The van der Waals surface area contributed by atoms with Crippen LogP contribution < -0.4 is 5.32 Å². The molecule has 1 heterocycles. The van der Waals surface area contributed by atoms with Gasteiger partial charge in [0.25, 0.3) is 0 Å². The average molecular weight is 326 g/mol. The Morgan fingerprint density at radius 2 is 2.16 bits per heavy atom. The van der Waals surface area contributed by atoms with Crippen LogP contribution in [-0.2, 0) is 6.42 Å². The summed E-state index contributed by atoms with van der Waals surface area (Å²) >= 11 is 3.38. The molecule has 2 aromatic rings. The van der Waals surface area contributed by atoms with E-state index >= 15 is 0 Å². The third-order valence-corrected chi connectivity index (χ3v) is 3.65. The highest BCUT2D eigenvalue weighted by atomic mass is 79.9. The Balaban J connectivity index is 2.26. The van der Waals surface area contributed by atoms with Crippen molar-refractivity contribution in [3.63, 3.8) is 0 Å². The summed E-state index contributed by atoms with van der Waals surface area (Å²) in [5, 5.41) is 3.38. The Morgan fingerprint density at radius 1 is 1.37 bits per heavy atom. The first kappa shape index (κ1) is 14.3. The number of hydrogen-bond donors (Lipinski definition) is 1. The topological polar surface area (TPSA) is 25.2 Å². The van der Waals surface area contributed by atoms with Crippen molar-refractivity contribution >= 4 is 15.9 Å². The van der Waals surface area contributed by atoms with E-state index in [-0.39, 0.29) is 11.9 Å². The lowest BCUT2D eigenvalue weighted by molar-refractivity contribution is 0.495. The molecule has 1 N–H and O–H groups in total. The lowest BCUT2D eigenvalue weighted by atomic mass is 9.99. The standard InChI is InChI=1S/C15H17BrFNO/c1-3-18-15(13-6-7-19-10(13)2)9-11-8-12(16)4-5-14(11)17/h4-8,15,18H,3,9H2,1-2H3. The molecule has 0 fully saturated rings. The Labute approximate surface area is 121 Å². The van der Waals surface area contributed by atoms with Crippen LogP contribution in [-0.4, -0.2) is 6.54 Å². The van der Waals surface area contributed by atoms with Crippen LogP contribution in [0.5, 0.6) is 0 Å². The van der Waals surface area contributed by atoms with Crippen molar-refractivity contribution in [2.45, 2.75) is 26.3 Å². The Kier molecular flexibility index (Phi) is 4.77. The number of nitrogens with one attached hydrogen (secondary N) is 1. The summed E-state index contributed by atoms with van der Waals surface area (Å²) < 4.78 is 20.1. The smallest absolute Gasteiger partial charge is 0.126 e. The molecule has 0 aliphatic carbocycles. The van der Waals surface area contributed by atoms with Crippen LogP contribution in [0.1, 0.15) is 29.9 Å². The maximum atomic E-state index is 13.8. The van der Waals surface area contributed by atoms with E-state index in [1.165, 1.54) is 6.07 Å². The molecule has 0 bridgehead atoms. The van der Waals surface area contributed by atoms with Crippen LogP contribution in [0.25, 0.3) is 0 Å². The zero-order valence-corrected chi connectivity index (χ0v) is 12.6. The van der Waals surface area contributed by atoms with Crippen molar-refractivity contribution in [3.05, 3.63) is 57.7 Å². The van der Waals surface area contributed by atoms with Gasteiger partial charge in [-0.25, -0.2) is 4.39 Å². The number of likely N-dealkylation sites (N-methyl/N-ethyl adjacent to an activating group) is 1. The summed E-state index contributed by atoms with van der Waals surface area (Å²) in [4.78, 5) is 0. The van der Waals surface area contributed by atoms with Crippen LogP contribution in [0.2, 0.25) is 0 Å². The van der Waals surface area contributed by atoms with E-state index < -0.39 is 0 Å². The minimum Gasteiger partial charge on any atom is -0.469 e. The van der Waals surface area contributed by atoms with Crippen molar-refractivity contribution in [3.8, 4) is 0 Å². The molecule has 0 aliphatic rings. The molecule has 1 aromatic carbocycles. The average Bonchev–Trinajstić information content (AvgIpc) is 2.79. The van der Waals surface area contributed by atoms with Gasteiger partial charge in [0, 0.05) is 16.1 Å². The van der Waals surface area contributed by atoms with Gasteiger partial charge in [0.05, 0.1) is 6.26 Å². The molecule has 0 radical (unpaired) electrons. The fraction of sp³-hybridized carbons (Fsp3) is 0.333. The molecule has 19 heavy (non-hydrogen) atoms. The first-order valence-electron chi connectivity index (χ1n) is 6.33. The summed E-state index contributed by atoms with van der Waals surface area (Å²) in [5.41, 5.74) is 1.78. The second-order valence-corrected chi connectivity index (χ2v) is 5.40. The quantitative estimate of drug-likeness (QED) is 0.882. The third kappa shape index (κ3) is 3.45. The SMILES string of the molecule is CCNC(Cc1cc(Br)ccc1F)c1ccoc1C. The maximum absolute atomic E-state index is 13.8. The zero-order chi connectivity index (χ0) is 13.8. The van der Waals surface area contributed by atoms with Crippen LogP contribution in [0, 0.1) is 12.7 Å². The highest BCUT2D eigenvalue weighted by Gasteiger charge is 2.17. The summed E-state index contributed by atoms with van der Waals surface area (Å²) in [7, 11) is 0. The molecule has 1 unspecified atom stereocenters. The Hall–Kier alpha value is -1.13. The van der Waals surface area contributed by atoms with Crippen LogP contribution in [0.4, 0.5) is 4.39 Å². The van der Waals surface area contributed by atoms with E-state index in [9.17, 15) is 4.39 Å². The van der Waals surface area contributed by atoms with E-state index in [1.807, 2.05) is 26.0 Å². The largest absolute Gasteiger partial charge is 0.469 e. The van der Waals surface area contributed by atoms with Crippen molar-refractivity contribution < 1.29 is 8.81 Å². The molecule has 4 heteroatoms. The van der Waals surface area contributed by atoms with Gasteiger partial charge in [0.1, 0.15) is 11.6 Å². The Morgan fingerprint density at radius 3 is 2.79 bits per heavy atom. The molecule has 0 amide bonds. The number of furan rings is 1. The molecule has 1 aromatic heterocycles. The minimum absolute atomic E-state index is 0.0625. The van der Waals surface area contributed by atoms with Crippen LogP contribution >= 0.6 is 15.9 Å². The zero-order valence-electron chi connectivity index (χ0n) is 11.0. The van der Waals surface area contributed by atoms with E-state index in [0.717, 1.165) is 22.3 Å². The molecule has 0 saturated heterocycles. The second kappa shape index (κ2) is 6.35. The number of rotatable bonds is 5. The van der Waals surface area contributed by atoms with Crippen LogP contribution in [0.3, 0.4) is 0 Å². The van der Waals surface area contributed by atoms with Crippen molar-refractivity contribution in [1.29, 1.82) is 0 Å². The number of halogens is 2. The number of aryl methyl sites for hydroxylation is 1. The highest BCUT2D eigenvalue weighted by Crippen LogP contribution is 2.25. The summed E-state index contributed by atoms with van der Waals surface area (Å²) in [6.07, 6.45) is 2.27. The second-order valence-electron chi connectivity index (χ2n) is 4.48. The van der Waals surface area contributed by atoms with Crippen molar-refractivity contribution in [2.75, 3.05) is 6.54 Å². The molecular weight excluding hydrogens is 309 g/mol. The first-order chi connectivity index (χ1) is 9.11. The Bertz CT molecular complexity index is 553. The summed E-state index contributed by atoms with van der Waals surface area (Å²) in [6.45, 7) is 4.79. The van der Waals surface area contributed by atoms with Gasteiger partial charge in [-0.15, -0.1) is 0 Å². The fourth-order valence-corrected chi connectivity index (χ4v) is 2.62. The van der Waals surface area contributed by atoms with Gasteiger partial charge in [0.15, 0.2) is 0 Å². The van der Waals surface area contributed by atoms with Crippen molar-refractivity contribution in [2.24, 2.45) is 0 Å². The molecule has 0 aliphatic heterocycles. The lowest BCUT2D eigenvalue weighted by Gasteiger charge is -2.18. The third-order valence-electron chi connectivity index (χ3n) is 3.16. The summed E-state index contributed by atoms with van der Waals surface area (Å²) in [6, 6.07) is 7.04. The number of hydrogen-bond acceptors (Lipinski definition) is 2. The van der Waals surface area contributed by atoms with Crippen LogP contribution in [0.15, 0.2) is 39.4 Å². The molecule has 102 valence electrons. The molecular formula is C15H17BrFNO. The molecule has 0 saturated carbocycles. The first-order valence-corrected chi connectivity index (χ1v) is 7.12. The van der Waals surface area contributed by atoms with Gasteiger partial charge < -0.3 is 9.73 Å². The van der Waals surface area contributed by atoms with Crippen molar-refractivity contribution in [1.82, 2.24) is 5.32 Å². The number of benzene rings is 1. The van der Waals surface area contributed by atoms with E-state index in [0.29, 0.717) is 12.0 Å². The van der Waals surface area contributed by atoms with E-state index in [4.69, 9.17) is 4.42 Å². The summed E-state index contributed by atoms with van der Waals surface area (Å²) in [5.74, 6) is 0.702. The highest BCUT2D eigenvalue weighted by molar-refractivity contribution is 9.10. The fourth-order valence-electron chi connectivity index (χ4n) is 2.21. The normalized spacial score (nSPS) is 12.6. The van der Waals surface area contributed by atoms with E-state index in [2.05, 4.69) is 21.2 Å². The predicted molar refractivity (Wildman–Crippen MR) is 77.7 cm³/mol. The minimum atomic E-state index is -0.174. The molecule has 1 atom stereocenters. The predicted octanol–water partition coefficient (Wildman–Crippen LogP) is 4.38. The van der Waals surface area contributed by atoms with Gasteiger partial charge >= 0.3 is 0 Å². The molecule has 2 nitrogen and oxygen atoms in total. The van der Waals surface area contributed by atoms with E-state index in [1.54, 1.807) is 12.3 Å². The van der Waals surface area contributed by atoms with Gasteiger partial charge in [0.2, 0.25) is 0 Å². The molecule has 2 rings (SSSR count). The molecule has 0 spiro atoms. The lowest BCUT2D eigenvalue weighted by Crippen LogP contribution is -2.23. The monoisotopic (exact) mass is 325 g/mol. The van der Waals surface area contributed by atoms with Gasteiger partial charge in [-0.2, -0.15) is 0 Å². The maximum Gasteiger partial charge on any atom is 0.126 e. The van der Waals surface area contributed by atoms with Gasteiger partial charge in [-0.05, 0) is 49.7 Å². The van der Waals surface area contributed by atoms with Gasteiger partial charge in [-0.1, -0.05) is 22.9 Å². The van der Waals surface area contributed by atoms with Gasteiger partial charge in [-0.3, -0.25) is 0 Å².